The van der Waals surface area contributed by atoms with Crippen LogP contribution in [-0.4, -0.2) is 50.4 Å². The highest BCUT2D eigenvalue weighted by Gasteiger charge is 2.22. The van der Waals surface area contributed by atoms with Gasteiger partial charge in [0.25, 0.3) is 0 Å². The number of carbonyl (C=O) groups is 2. The molecule has 2 rings (SSSR count). The van der Waals surface area contributed by atoms with Gasteiger partial charge in [-0.1, -0.05) is 60.7 Å². The summed E-state index contributed by atoms with van der Waals surface area (Å²) in [5.74, 6) is -0.776. The molecule has 5 nitrogen and oxygen atoms in total. The fraction of sp³-hybridized carbons (Fsp3) is 0.333. The maximum absolute atomic E-state index is 12.8. The van der Waals surface area contributed by atoms with Gasteiger partial charge < -0.3 is 15.5 Å². The quantitative estimate of drug-likeness (QED) is 0.678. The first kappa shape index (κ1) is 19.7. The van der Waals surface area contributed by atoms with Gasteiger partial charge in [-0.3, -0.25) is 9.59 Å². The van der Waals surface area contributed by atoms with Crippen LogP contribution in [0.3, 0.4) is 0 Å². The van der Waals surface area contributed by atoms with Crippen molar-refractivity contribution in [2.45, 2.75) is 12.3 Å². The van der Waals surface area contributed by atoms with Crippen LogP contribution < -0.4 is 10.6 Å². The molecule has 138 valence electrons. The molecule has 0 saturated carbocycles. The minimum absolute atomic E-state index is 0.0169. The van der Waals surface area contributed by atoms with Crippen molar-refractivity contribution in [2.24, 2.45) is 0 Å². The maximum Gasteiger partial charge on any atom is 0.239 e. The van der Waals surface area contributed by atoms with Gasteiger partial charge in [-0.05, 0) is 38.2 Å². The lowest BCUT2D eigenvalue weighted by Crippen LogP contribution is -2.39. The molecule has 0 unspecified atom stereocenters. The monoisotopic (exact) mass is 353 g/mol. The fourth-order valence-corrected chi connectivity index (χ4v) is 2.74. The molecule has 0 aliphatic carbocycles. The second-order valence-corrected chi connectivity index (χ2v) is 6.48. The summed E-state index contributed by atoms with van der Waals surface area (Å²) in [6, 6.07) is 19.2. The van der Waals surface area contributed by atoms with E-state index in [1.165, 1.54) is 0 Å². The number of carbonyl (C=O) groups excluding carboxylic acids is 2. The Morgan fingerprint density at radius 3 is 1.92 bits per heavy atom. The van der Waals surface area contributed by atoms with Gasteiger partial charge in [-0.15, -0.1) is 0 Å². The van der Waals surface area contributed by atoms with Crippen molar-refractivity contribution in [2.75, 3.05) is 33.7 Å². The van der Waals surface area contributed by atoms with Crippen molar-refractivity contribution < 1.29 is 9.59 Å². The standard InChI is InChI=1S/C21H27N3O2/c1-24(2)15-9-14-22-19(25)16-23-21(26)20(17-10-5-3-6-11-17)18-12-7-4-8-13-18/h3-8,10-13,20H,9,14-16H2,1-2H3,(H,22,25)(H,23,26). The molecule has 0 saturated heterocycles. The second-order valence-electron chi connectivity index (χ2n) is 6.48. The molecule has 0 spiro atoms. The van der Waals surface area contributed by atoms with Gasteiger partial charge in [-0.25, -0.2) is 0 Å². The summed E-state index contributed by atoms with van der Waals surface area (Å²) in [7, 11) is 3.99. The molecular formula is C21H27N3O2. The summed E-state index contributed by atoms with van der Waals surface area (Å²) in [5.41, 5.74) is 1.81. The zero-order chi connectivity index (χ0) is 18.8. The van der Waals surface area contributed by atoms with Crippen molar-refractivity contribution in [3.63, 3.8) is 0 Å². The van der Waals surface area contributed by atoms with Crippen molar-refractivity contribution in [3.05, 3.63) is 71.8 Å². The molecular weight excluding hydrogens is 326 g/mol. The Balaban J connectivity index is 1.94. The number of hydrogen-bond acceptors (Lipinski definition) is 3. The SMILES string of the molecule is CN(C)CCCNC(=O)CNC(=O)C(c1ccccc1)c1ccccc1. The van der Waals surface area contributed by atoms with E-state index in [0.717, 1.165) is 24.1 Å². The van der Waals surface area contributed by atoms with Crippen LogP contribution in [0, 0.1) is 0 Å². The summed E-state index contributed by atoms with van der Waals surface area (Å²) < 4.78 is 0. The molecule has 0 heterocycles. The lowest BCUT2D eigenvalue weighted by Gasteiger charge is -2.18. The Kier molecular flexibility index (Phi) is 7.83. The molecule has 2 N–H and O–H groups in total. The van der Waals surface area contributed by atoms with E-state index < -0.39 is 5.92 Å². The number of nitrogens with zero attached hydrogens (tertiary/aromatic N) is 1. The summed E-state index contributed by atoms with van der Waals surface area (Å²) in [4.78, 5) is 26.8. The minimum Gasteiger partial charge on any atom is -0.355 e. The van der Waals surface area contributed by atoms with Crippen molar-refractivity contribution in [1.82, 2.24) is 15.5 Å². The predicted molar refractivity (Wildman–Crippen MR) is 104 cm³/mol. The maximum atomic E-state index is 12.8. The van der Waals surface area contributed by atoms with Crippen molar-refractivity contribution >= 4 is 11.8 Å². The molecule has 5 heteroatoms. The second kappa shape index (κ2) is 10.4. The van der Waals surface area contributed by atoms with Crippen LogP contribution in [0.2, 0.25) is 0 Å². The van der Waals surface area contributed by atoms with Crippen molar-refractivity contribution in [3.8, 4) is 0 Å². The van der Waals surface area contributed by atoms with Gasteiger partial charge in [-0.2, -0.15) is 0 Å². The average molecular weight is 353 g/mol. The zero-order valence-corrected chi connectivity index (χ0v) is 15.4. The molecule has 2 aromatic rings. The van der Waals surface area contributed by atoms with Crippen molar-refractivity contribution in [1.29, 1.82) is 0 Å². The lowest BCUT2D eigenvalue weighted by atomic mass is 9.90. The first-order chi connectivity index (χ1) is 12.6. The van der Waals surface area contributed by atoms with Crippen LogP contribution in [0.5, 0.6) is 0 Å². The first-order valence-corrected chi connectivity index (χ1v) is 8.87. The molecule has 2 aromatic carbocycles. The van der Waals surface area contributed by atoms with Gasteiger partial charge >= 0.3 is 0 Å². The van der Waals surface area contributed by atoms with Crippen LogP contribution >= 0.6 is 0 Å². The van der Waals surface area contributed by atoms with E-state index in [-0.39, 0.29) is 18.4 Å². The van der Waals surface area contributed by atoms with E-state index in [0.29, 0.717) is 6.54 Å². The van der Waals surface area contributed by atoms with E-state index in [1.54, 1.807) is 0 Å². The molecule has 0 aliphatic heterocycles. The van der Waals surface area contributed by atoms with Gasteiger partial charge in [0.15, 0.2) is 0 Å². The highest BCUT2D eigenvalue weighted by molar-refractivity contribution is 5.90. The fourth-order valence-electron chi connectivity index (χ4n) is 2.74. The highest BCUT2D eigenvalue weighted by atomic mass is 16.2. The van der Waals surface area contributed by atoms with E-state index >= 15 is 0 Å². The molecule has 0 aliphatic rings. The van der Waals surface area contributed by atoms with Crippen LogP contribution in [0.15, 0.2) is 60.7 Å². The average Bonchev–Trinajstić information content (AvgIpc) is 2.65. The molecule has 0 fully saturated rings. The Labute approximate surface area is 155 Å². The third-order valence-electron chi connectivity index (χ3n) is 4.06. The van der Waals surface area contributed by atoms with Crippen LogP contribution in [-0.2, 0) is 9.59 Å². The Bertz CT molecular complexity index is 647. The zero-order valence-electron chi connectivity index (χ0n) is 15.4. The summed E-state index contributed by atoms with van der Waals surface area (Å²) in [6.07, 6.45) is 0.878. The molecule has 0 aromatic heterocycles. The lowest BCUT2D eigenvalue weighted by molar-refractivity contribution is -0.126. The van der Waals surface area contributed by atoms with E-state index in [2.05, 4.69) is 15.5 Å². The first-order valence-electron chi connectivity index (χ1n) is 8.87. The number of nitrogens with one attached hydrogen (secondary N) is 2. The summed E-state index contributed by atoms with van der Waals surface area (Å²) in [5, 5.41) is 5.60. The Hall–Kier alpha value is -2.66. The number of benzene rings is 2. The Morgan fingerprint density at radius 2 is 1.42 bits per heavy atom. The van der Waals surface area contributed by atoms with Crippen LogP contribution in [0.4, 0.5) is 0 Å². The molecule has 0 radical (unpaired) electrons. The van der Waals surface area contributed by atoms with Gasteiger partial charge in [0, 0.05) is 6.54 Å². The van der Waals surface area contributed by atoms with Gasteiger partial charge in [0.05, 0.1) is 12.5 Å². The number of hydrogen-bond donors (Lipinski definition) is 2. The van der Waals surface area contributed by atoms with Crippen LogP contribution in [0.25, 0.3) is 0 Å². The van der Waals surface area contributed by atoms with Gasteiger partial charge in [0.1, 0.15) is 0 Å². The smallest absolute Gasteiger partial charge is 0.239 e. The summed E-state index contributed by atoms with van der Waals surface area (Å²) in [6.45, 7) is 1.50. The molecule has 0 bridgehead atoms. The molecule has 0 atom stereocenters. The topological polar surface area (TPSA) is 61.4 Å². The predicted octanol–water partition coefficient (Wildman–Crippen LogP) is 2.00. The third kappa shape index (κ3) is 6.33. The highest BCUT2D eigenvalue weighted by Crippen LogP contribution is 2.24. The van der Waals surface area contributed by atoms with Gasteiger partial charge in [0.2, 0.25) is 11.8 Å². The molecule has 2 amide bonds. The van der Waals surface area contributed by atoms with E-state index in [9.17, 15) is 9.59 Å². The minimum atomic E-state index is -0.432. The number of rotatable bonds is 9. The van der Waals surface area contributed by atoms with E-state index in [1.807, 2.05) is 74.8 Å². The van der Waals surface area contributed by atoms with E-state index in [4.69, 9.17) is 0 Å². The normalized spacial score (nSPS) is 10.8. The molecule has 26 heavy (non-hydrogen) atoms. The summed E-state index contributed by atoms with van der Waals surface area (Å²) >= 11 is 0. The Morgan fingerprint density at radius 1 is 0.885 bits per heavy atom. The largest absolute Gasteiger partial charge is 0.355 e. The number of amides is 2. The van der Waals surface area contributed by atoms with Crippen LogP contribution in [0.1, 0.15) is 23.5 Å². The third-order valence-corrected chi connectivity index (χ3v) is 4.06.